The zero-order chi connectivity index (χ0) is 16.2. The van der Waals surface area contributed by atoms with E-state index < -0.39 is 0 Å². The first-order valence-electron chi connectivity index (χ1n) is 7.02. The van der Waals surface area contributed by atoms with Crippen LogP contribution in [-0.2, 0) is 6.54 Å². The third-order valence-corrected chi connectivity index (χ3v) is 3.35. The second-order valence-electron chi connectivity index (χ2n) is 5.04. The van der Waals surface area contributed by atoms with Gasteiger partial charge in [0.25, 0.3) is 5.91 Å². The van der Waals surface area contributed by atoms with E-state index in [1.165, 1.54) is 6.20 Å². The summed E-state index contributed by atoms with van der Waals surface area (Å²) in [6.07, 6.45) is 1.47. The smallest absolute Gasteiger partial charge is 0.269 e. The van der Waals surface area contributed by atoms with Crippen LogP contribution in [0.4, 0.5) is 0 Å². The van der Waals surface area contributed by atoms with Crippen LogP contribution in [0, 0.1) is 0 Å². The Hall–Kier alpha value is -3.28. The van der Waals surface area contributed by atoms with Crippen molar-refractivity contribution in [3.63, 3.8) is 0 Å². The van der Waals surface area contributed by atoms with Gasteiger partial charge in [0.1, 0.15) is 23.0 Å². The number of phenols is 2. The van der Waals surface area contributed by atoms with Crippen molar-refractivity contribution in [3.8, 4) is 22.9 Å². The Morgan fingerprint density at radius 1 is 1.00 bits per heavy atom. The molecule has 23 heavy (non-hydrogen) atoms. The highest BCUT2D eigenvalue weighted by Crippen LogP contribution is 2.19. The number of phenolic OH excluding ortho intramolecular Hbond substituents is 2. The fourth-order valence-electron chi connectivity index (χ4n) is 2.09. The van der Waals surface area contributed by atoms with E-state index in [4.69, 9.17) is 0 Å². The number of nitrogens with one attached hydrogen (secondary N) is 2. The second kappa shape index (κ2) is 6.23. The predicted octanol–water partition coefficient (Wildman–Crippen LogP) is 2.42. The van der Waals surface area contributed by atoms with Crippen molar-refractivity contribution in [1.82, 2.24) is 15.3 Å². The number of aromatic hydroxyl groups is 2. The lowest BCUT2D eigenvalue weighted by Gasteiger charge is -2.04. The Morgan fingerprint density at radius 2 is 1.61 bits per heavy atom. The summed E-state index contributed by atoms with van der Waals surface area (Å²) < 4.78 is 0. The van der Waals surface area contributed by atoms with E-state index in [2.05, 4.69) is 15.3 Å². The van der Waals surface area contributed by atoms with E-state index in [1.807, 2.05) is 0 Å². The Kier molecular flexibility index (Phi) is 3.97. The summed E-state index contributed by atoms with van der Waals surface area (Å²) in [5, 5.41) is 21.3. The maximum Gasteiger partial charge on any atom is 0.269 e. The van der Waals surface area contributed by atoms with E-state index in [9.17, 15) is 15.0 Å². The van der Waals surface area contributed by atoms with Crippen molar-refractivity contribution in [2.75, 3.05) is 0 Å². The largest absolute Gasteiger partial charge is 0.508 e. The molecule has 0 radical (unpaired) electrons. The van der Waals surface area contributed by atoms with Gasteiger partial charge in [-0.25, -0.2) is 4.98 Å². The molecule has 116 valence electrons. The minimum atomic E-state index is -0.268. The maximum absolute atomic E-state index is 12.1. The number of imidazole rings is 1. The number of amides is 1. The molecule has 0 atom stereocenters. The van der Waals surface area contributed by atoms with Gasteiger partial charge in [-0.1, -0.05) is 12.1 Å². The molecule has 0 unspecified atom stereocenters. The molecule has 0 fully saturated rings. The highest BCUT2D eigenvalue weighted by atomic mass is 16.3. The zero-order valence-corrected chi connectivity index (χ0v) is 12.2. The molecule has 0 spiro atoms. The lowest BCUT2D eigenvalue weighted by Crippen LogP contribution is -2.23. The number of hydrogen-bond acceptors (Lipinski definition) is 4. The van der Waals surface area contributed by atoms with Crippen LogP contribution in [0.25, 0.3) is 11.4 Å². The normalized spacial score (nSPS) is 10.4. The van der Waals surface area contributed by atoms with E-state index in [0.29, 0.717) is 18.1 Å². The van der Waals surface area contributed by atoms with Crippen LogP contribution in [-0.4, -0.2) is 26.1 Å². The fraction of sp³-hybridized carbons (Fsp3) is 0.0588. The third-order valence-electron chi connectivity index (χ3n) is 3.35. The predicted molar refractivity (Wildman–Crippen MR) is 85.0 cm³/mol. The van der Waals surface area contributed by atoms with Crippen LogP contribution < -0.4 is 5.32 Å². The SMILES string of the molecule is O=C(NCc1ccc(O)cc1)c1cnc(-c2ccc(O)cc2)[nH]1. The number of hydrogen-bond donors (Lipinski definition) is 4. The summed E-state index contributed by atoms with van der Waals surface area (Å²) >= 11 is 0. The Morgan fingerprint density at radius 3 is 2.26 bits per heavy atom. The number of aromatic nitrogens is 2. The van der Waals surface area contributed by atoms with Gasteiger partial charge in [-0.15, -0.1) is 0 Å². The average molecular weight is 309 g/mol. The van der Waals surface area contributed by atoms with Crippen molar-refractivity contribution in [1.29, 1.82) is 0 Å². The van der Waals surface area contributed by atoms with Gasteiger partial charge in [0, 0.05) is 12.1 Å². The first kappa shape index (κ1) is 14.6. The van der Waals surface area contributed by atoms with Gasteiger partial charge in [0.2, 0.25) is 0 Å². The van der Waals surface area contributed by atoms with E-state index in [0.717, 1.165) is 11.1 Å². The number of carbonyl (C=O) groups excluding carboxylic acids is 1. The number of benzene rings is 2. The Labute approximate surface area is 132 Å². The monoisotopic (exact) mass is 309 g/mol. The molecular formula is C17H15N3O3. The molecule has 0 aliphatic heterocycles. The molecule has 4 N–H and O–H groups in total. The van der Waals surface area contributed by atoms with E-state index >= 15 is 0 Å². The Bertz CT molecular complexity index is 808. The van der Waals surface area contributed by atoms with Gasteiger partial charge in [-0.3, -0.25) is 4.79 Å². The molecule has 0 aliphatic carbocycles. The molecule has 1 amide bonds. The fourth-order valence-corrected chi connectivity index (χ4v) is 2.09. The summed E-state index contributed by atoms with van der Waals surface area (Å²) in [5.41, 5.74) is 2.02. The first-order valence-corrected chi connectivity index (χ1v) is 7.02. The molecule has 3 aromatic rings. The summed E-state index contributed by atoms with van der Waals surface area (Å²) in [6, 6.07) is 13.2. The third kappa shape index (κ3) is 3.49. The van der Waals surface area contributed by atoms with Gasteiger partial charge >= 0.3 is 0 Å². The maximum atomic E-state index is 12.1. The highest BCUT2D eigenvalue weighted by molar-refractivity contribution is 5.92. The van der Waals surface area contributed by atoms with Crippen LogP contribution in [0.2, 0.25) is 0 Å². The highest BCUT2D eigenvalue weighted by Gasteiger charge is 2.10. The van der Waals surface area contributed by atoms with Crippen molar-refractivity contribution in [2.24, 2.45) is 0 Å². The summed E-state index contributed by atoms with van der Waals surface area (Å²) in [7, 11) is 0. The molecule has 2 aromatic carbocycles. The Balaban J connectivity index is 1.66. The standard InChI is InChI=1S/C17H15N3O3/c21-13-5-1-11(2-6-13)9-19-17(23)15-10-18-16(20-15)12-3-7-14(22)8-4-12/h1-8,10,21-22H,9H2,(H,18,20)(H,19,23). The summed E-state index contributed by atoms with van der Waals surface area (Å²) in [6.45, 7) is 0.354. The van der Waals surface area contributed by atoms with E-state index in [-0.39, 0.29) is 17.4 Å². The summed E-state index contributed by atoms with van der Waals surface area (Å²) in [4.78, 5) is 19.2. The zero-order valence-electron chi connectivity index (χ0n) is 12.2. The molecule has 6 nitrogen and oxygen atoms in total. The van der Waals surface area contributed by atoms with Crippen LogP contribution in [0.5, 0.6) is 11.5 Å². The van der Waals surface area contributed by atoms with Gasteiger partial charge in [0.15, 0.2) is 0 Å². The molecule has 0 saturated heterocycles. The topological polar surface area (TPSA) is 98.2 Å². The van der Waals surface area contributed by atoms with Crippen LogP contribution >= 0.6 is 0 Å². The number of carbonyl (C=O) groups is 1. The van der Waals surface area contributed by atoms with Crippen LogP contribution in [0.3, 0.4) is 0 Å². The lowest BCUT2D eigenvalue weighted by molar-refractivity contribution is 0.0946. The number of nitrogens with zero attached hydrogens (tertiary/aromatic N) is 1. The van der Waals surface area contributed by atoms with Crippen molar-refractivity contribution < 1.29 is 15.0 Å². The molecule has 0 bridgehead atoms. The molecule has 1 aromatic heterocycles. The summed E-state index contributed by atoms with van der Waals surface area (Å²) in [5.74, 6) is 0.648. The molecule has 0 saturated carbocycles. The molecule has 3 rings (SSSR count). The number of H-pyrrole nitrogens is 1. The van der Waals surface area contributed by atoms with Crippen molar-refractivity contribution >= 4 is 5.91 Å². The van der Waals surface area contributed by atoms with Gasteiger partial charge < -0.3 is 20.5 Å². The minimum absolute atomic E-state index is 0.173. The number of rotatable bonds is 4. The van der Waals surface area contributed by atoms with Crippen LogP contribution in [0.1, 0.15) is 16.1 Å². The lowest BCUT2D eigenvalue weighted by atomic mass is 10.2. The van der Waals surface area contributed by atoms with Crippen molar-refractivity contribution in [2.45, 2.75) is 6.54 Å². The molecule has 0 aliphatic rings. The van der Waals surface area contributed by atoms with Gasteiger partial charge in [0.05, 0.1) is 6.20 Å². The van der Waals surface area contributed by atoms with E-state index in [1.54, 1.807) is 48.5 Å². The number of aromatic amines is 1. The molecular weight excluding hydrogens is 294 g/mol. The quantitative estimate of drug-likeness (QED) is 0.595. The first-order chi connectivity index (χ1) is 11.1. The van der Waals surface area contributed by atoms with Crippen molar-refractivity contribution in [3.05, 3.63) is 66.0 Å². The van der Waals surface area contributed by atoms with Gasteiger partial charge in [-0.2, -0.15) is 0 Å². The minimum Gasteiger partial charge on any atom is -0.508 e. The second-order valence-corrected chi connectivity index (χ2v) is 5.04. The molecule has 1 heterocycles. The molecule has 6 heteroatoms. The van der Waals surface area contributed by atoms with Crippen LogP contribution in [0.15, 0.2) is 54.7 Å². The average Bonchev–Trinajstić information content (AvgIpc) is 3.05. The van der Waals surface area contributed by atoms with Gasteiger partial charge in [-0.05, 0) is 42.0 Å².